The Hall–Kier alpha value is -0.630. The second kappa shape index (κ2) is 7.04. The maximum Gasteiger partial charge on any atom is 0.146 e. The van der Waals surface area contributed by atoms with Gasteiger partial charge < -0.3 is 5.32 Å². The lowest BCUT2D eigenvalue weighted by atomic mass is 10.0. The molecule has 0 aromatic heterocycles. The first-order valence-electron chi connectivity index (χ1n) is 4.54. The standard InChI is InChI=1S/C10H19NO/c1-4-6-11-8-10(12)7-9(3)5-2/h4,9,11H,1,5-8H2,2-3H3. The summed E-state index contributed by atoms with van der Waals surface area (Å²) in [5.41, 5.74) is 0. The van der Waals surface area contributed by atoms with Gasteiger partial charge in [-0.25, -0.2) is 0 Å². The minimum absolute atomic E-state index is 0.297. The number of nitrogens with one attached hydrogen (secondary N) is 1. The molecule has 2 nitrogen and oxygen atoms in total. The van der Waals surface area contributed by atoms with Crippen molar-refractivity contribution in [3.05, 3.63) is 12.7 Å². The van der Waals surface area contributed by atoms with Crippen LogP contribution in [0.25, 0.3) is 0 Å². The molecule has 0 heterocycles. The summed E-state index contributed by atoms with van der Waals surface area (Å²) in [6.07, 6.45) is 3.53. The predicted molar refractivity (Wildman–Crippen MR) is 52.1 cm³/mol. The van der Waals surface area contributed by atoms with E-state index in [2.05, 4.69) is 25.7 Å². The highest BCUT2D eigenvalue weighted by atomic mass is 16.1. The number of rotatable bonds is 7. The van der Waals surface area contributed by atoms with Gasteiger partial charge in [-0.3, -0.25) is 4.79 Å². The molecule has 0 aromatic rings. The quantitative estimate of drug-likeness (QED) is 0.465. The van der Waals surface area contributed by atoms with Crippen molar-refractivity contribution in [1.29, 1.82) is 0 Å². The van der Waals surface area contributed by atoms with Crippen molar-refractivity contribution in [1.82, 2.24) is 5.32 Å². The van der Waals surface area contributed by atoms with Crippen LogP contribution in [0.3, 0.4) is 0 Å². The van der Waals surface area contributed by atoms with Crippen molar-refractivity contribution < 1.29 is 4.79 Å². The van der Waals surface area contributed by atoms with Gasteiger partial charge >= 0.3 is 0 Å². The van der Waals surface area contributed by atoms with Crippen LogP contribution in [0.4, 0.5) is 0 Å². The number of hydrogen-bond acceptors (Lipinski definition) is 2. The van der Waals surface area contributed by atoms with E-state index in [0.717, 1.165) is 6.42 Å². The van der Waals surface area contributed by atoms with Crippen LogP contribution in [0.5, 0.6) is 0 Å². The average molecular weight is 169 g/mol. The molecule has 0 amide bonds. The fraction of sp³-hybridized carbons (Fsp3) is 0.700. The molecule has 1 unspecified atom stereocenters. The lowest BCUT2D eigenvalue weighted by molar-refractivity contribution is -0.119. The van der Waals surface area contributed by atoms with Crippen LogP contribution in [0, 0.1) is 5.92 Å². The summed E-state index contributed by atoms with van der Waals surface area (Å²) in [7, 11) is 0. The van der Waals surface area contributed by atoms with Crippen LogP contribution in [0.15, 0.2) is 12.7 Å². The maximum absolute atomic E-state index is 11.2. The first-order chi connectivity index (χ1) is 5.70. The molecular formula is C10H19NO. The van der Waals surface area contributed by atoms with Crippen LogP contribution < -0.4 is 5.32 Å². The van der Waals surface area contributed by atoms with E-state index in [4.69, 9.17) is 0 Å². The van der Waals surface area contributed by atoms with Crippen molar-refractivity contribution in [2.75, 3.05) is 13.1 Å². The Morgan fingerprint density at radius 3 is 2.83 bits per heavy atom. The van der Waals surface area contributed by atoms with E-state index in [-0.39, 0.29) is 0 Å². The Morgan fingerprint density at radius 2 is 2.33 bits per heavy atom. The molecule has 0 saturated heterocycles. The second-order valence-electron chi connectivity index (χ2n) is 3.18. The lowest BCUT2D eigenvalue weighted by Gasteiger charge is -2.06. The SMILES string of the molecule is C=CCNCC(=O)CC(C)CC. The van der Waals surface area contributed by atoms with Gasteiger partial charge in [-0.1, -0.05) is 26.3 Å². The molecule has 0 bridgehead atoms. The summed E-state index contributed by atoms with van der Waals surface area (Å²) in [4.78, 5) is 11.2. The maximum atomic E-state index is 11.2. The summed E-state index contributed by atoms with van der Waals surface area (Å²) >= 11 is 0. The number of ketones is 1. The predicted octanol–water partition coefficient (Wildman–Crippen LogP) is 1.77. The largest absolute Gasteiger partial charge is 0.307 e. The van der Waals surface area contributed by atoms with Gasteiger partial charge in [-0.05, 0) is 5.92 Å². The molecular weight excluding hydrogens is 150 g/mol. The molecule has 0 spiro atoms. The molecule has 1 N–H and O–H groups in total. The summed E-state index contributed by atoms with van der Waals surface area (Å²) < 4.78 is 0. The molecule has 2 heteroatoms. The van der Waals surface area contributed by atoms with Gasteiger partial charge in [0.25, 0.3) is 0 Å². The zero-order chi connectivity index (χ0) is 9.40. The van der Waals surface area contributed by atoms with Crippen LogP contribution in [0.1, 0.15) is 26.7 Å². The molecule has 0 radical (unpaired) electrons. The number of carbonyl (C=O) groups is 1. The minimum Gasteiger partial charge on any atom is -0.307 e. The lowest BCUT2D eigenvalue weighted by Crippen LogP contribution is -2.24. The van der Waals surface area contributed by atoms with E-state index in [0.29, 0.717) is 31.2 Å². The monoisotopic (exact) mass is 169 g/mol. The molecule has 0 fully saturated rings. The van der Waals surface area contributed by atoms with Gasteiger partial charge in [0.1, 0.15) is 5.78 Å². The minimum atomic E-state index is 0.297. The highest BCUT2D eigenvalue weighted by molar-refractivity contribution is 5.80. The molecule has 0 saturated carbocycles. The summed E-state index contributed by atoms with van der Waals surface area (Å²) in [6, 6.07) is 0. The fourth-order valence-electron chi connectivity index (χ4n) is 0.919. The highest BCUT2D eigenvalue weighted by Crippen LogP contribution is 2.05. The van der Waals surface area contributed by atoms with Gasteiger partial charge in [0.15, 0.2) is 0 Å². The molecule has 70 valence electrons. The van der Waals surface area contributed by atoms with E-state index in [1.807, 2.05) is 0 Å². The molecule has 0 aromatic carbocycles. The normalized spacial score (nSPS) is 12.5. The van der Waals surface area contributed by atoms with Gasteiger partial charge in [-0.15, -0.1) is 6.58 Å². The van der Waals surface area contributed by atoms with E-state index < -0.39 is 0 Å². The Balaban J connectivity index is 3.39. The molecule has 0 aliphatic carbocycles. The van der Waals surface area contributed by atoms with E-state index >= 15 is 0 Å². The summed E-state index contributed by atoms with van der Waals surface area (Å²) in [5, 5.41) is 3.00. The van der Waals surface area contributed by atoms with Crippen molar-refractivity contribution in [3.8, 4) is 0 Å². The fourth-order valence-corrected chi connectivity index (χ4v) is 0.919. The molecule has 0 aliphatic heterocycles. The van der Waals surface area contributed by atoms with E-state index in [9.17, 15) is 4.79 Å². The van der Waals surface area contributed by atoms with E-state index in [1.54, 1.807) is 6.08 Å². The Bertz CT molecular complexity index is 143. The third-order valence-electron chi connectivity index (χ3n) is 1.88. The third kappa shape index (κ3) is 6.10. The third-order valence-corrected chi connectivity index (χ3v) is 1.88. The van der Waals surface area contributed by atoms with Gasteiger partial charge in [0, 0.05) is 13.0 Å². The molecule has 0 rings (SSSR count). The van der Waals surface area contributed by atoms with Gasteiger partial charge in [-0.2, -0.15) is 0 Å². The van der Waals surface area contributed by atoms with Crippen LogP contribution in [-0.2, 0) is 4.79 Å². The Kier molecular flexibility index (Phi) is 6.67. The molecule has 0 aliphatic rings. The second-order valence-corrected chi connectivity index (χ2v) is 3.18. The van der Waals surface area contributed by atoms with Gasteiger partial charge in [0.2, 0.25) is 0 Å². The summed E-state index contributed by atoms with van der Waals surface area (Å²) in [5.74, 6) is 0.814. The average Bonchev–Trinajstić information content (AvgIpc) is 2.05. The van der Waals surface area contributed by atoms with Crippen molar-refractivity contribution >= 4 is 5.78 Å². The molecule has 12 heavy (non-hydrogen) atoms. The van der Waals surface area contributed by atoms with Gasteiger partial charge in [0.05, 0.1) is 6.54 Å². The van der Waals surface area contributed by atoms with Crippen LogP contribution in [0.2, 0.25) is 0 Å². The van der Waals surface area contributed by atoms with Crippen molar-refractivity contribution in [3.63, 3.8) is 0 Å². The number of hydrogen-bond donors (Lipinski definition) is 1. The highest BCUT2D eigenvalue weighted by Gasteiger charge is 2.05. The zero-order valence-electron chi connectivity index (χ0n) is 8.10. The van der Waals surface area contributed by atoms with Crippen molar-refractivity contribution in [2.45, 2.75) is 26.7 Å². The van der Waals surface area contributed by atoms with E-state index in [1.165, 1.54) is 0 Å². The van der Waals surface area contributed by atoms with Crippen LogP contribution >= 0.6 is 0 Å². The number of Topliss-reactive ketones (excluding diaryl/α,β-unsaturated/α-hetero) is 1. The summed E-state index contributed by atoms with van der Waals surface area (Å²) in [6.45, 7) is 8.97. The zero-order valence-corrected chi connectivity index (χ0v) is 8.10. The first-order valence-corrected chi connectivity index (χ1v) is 4.54. The first kappa shape index (κ1) is 11.4. The number of carbonyl (C=O) groups excluding carboxylic acids is 1. The Labute approximate surface area is 75.0 Å². The van der Waals surface area contributed by atoms with Crippen LogP contribution in [-0.4, -0.2) is 18.9 Å². The smallest absolute Gasteiger partial charge is 0.146 e. The Morgan fingerprint density at radius 1 is 1.67 bits per heavy atom. The topological polar surface area (TPSA) is 29.1 Å². The molecule has 1 atom stereocenters. The van der Waals surface area contributed by atoms with Crippen molar-refractivity contribution in [2.24, 2.45) is 5.92 Å².